The second-order valence-corrected chi connectivity index (χ2v) is 9.37. The third-order valence-corrected chi connectivity index (χ3v) is 7.74. The maximum atomic E-state index is 12.9. The quantitative estimate of drug-likeness (QED) is 0.227. The van der Waals surface area contributed by atoms with Gasteiger partial charge in [0.1, 0.15) is 0 Å². The van der Waals surface area contributed by atoms with Crippen molar-refractivity contribution in [2.75, 3.05) is 26.4 Å². The van der Waals surface area contributed by atoms with Gasteiger partial charge in [-0.05, 0) is 33.3 Å². The number of ether oxygens (including phenoxy) is 1. The number of carbonyl (C=O) groups excluding carboxylic acids is 1. The molecule has 0 aliphatic heterocycles. The molecule has 7 heteroatoms. The molecule has 1 aliphatic carbocycles. The van der Waals surface area contributed by atoms with E-state index >= 15 is 0 Å². The van der Waals surface area contributed by atoms with E-state index < -0.39 is 20.5 Å². The van der Waals surface area contributed by atoms with E-state index in [0.717, 1.165) is 0 Å². The van der Waals surface area contributed by atoms with Crippen molar-refractivity contribution < 1.29 is 27.9 Å². The molecule has 0 heterocycles. The Morgan fingerprint density at radius 2 is 1.66 bits per heavy atom. The monoisotopic (exact) mass is 420 g/mol. The highest BCUT2D eigenvalue weighted by Gasteiger charge is 2.42. The summed E-state index contributed by atoms with van der Waals surface area (Å²) in [7, 11) is -2.76. The van der Waals surface area contributed by atoms with Gasteiger partial charge in [0.2, 0.25) is 0 Å². The summed E-state index contributed by atoms with van der Waals surface area (Å²) >= 11 is 0. The number of hydrogen-bond donors (Lipinski definition) is 1. The molecule has 0 bridgehead atoms. The second-order valence-electron chi connectivity index (χ2n) is 6.64. The van der Waals surface area contributed by atoms with Crippen LogP contribution in [0.5, 0.6) is 0 Å². The maximum absolute atomic E-state index is 12.9. The van der Waals surface area contributed by atoms with Crippen molar-refractivity contribution in [1.82, 2.24) is 0 Å². The van der Waals surface area contributed by atoms with Crippen molar-refractivity contribution in [3.8, 4) is 0 Å². The largest absolute Gasteiger partial charge is 0.501 e. The first-order valence-electron chi connectivity index (χ1n) is 10.2. The molecule has 0 saturated carbocycles. The number of carbonyl (C=O) groups is 1. The lowest BCUT2D eigenvalue weighted by atomic mass is 9.86. The van der Waals surface area contributed by atoms with Crippen LogP contribution in [0.4, 0.5) is 0 Å². The van der Waals surface area contributed by atoms with Crippen LogP contribution in [0.1, 0.15) is 37.6 Å². The van der Waals surface area contributed by atoms with Gasteiger partial charge in [0.05, 0.1) is 12.5 Å². The van der Waals surface area contributed by atoms with Crippen molar-refractivity contribution >= 4 is 14.6 Å². The van der Waals surface area contributed by atoms with Crippen molar-refractivity contribution in [2.24, 2.45) is 5.92 Å². The van der Waals surface area contributed by atoms with Gasteiger partial charge >= 0.3 is 8.80 Å². The molecular weight excluding hydrogens is 388 g/mol. The topological polar surface area (TPSA) is 74.2 Å². The summed E-state index contributed by atoms with van der Waals surface area (Å²) in [6.07, 6.45) is 7.22. The molecule has 160 valence electrons. The van der Waals surface area contributed by atoms with E-state index in [4.69, 9.17) is 18.0 Å². The predicted octanol–water partition coefficient (Wildman–Crippen LogP) is 3.76. The molecule has 2 unspecified atom stereocenters. The number of Topliss-reactive ketones (excluding diaryl/α,β-unsaturated/α-hetero) is 1. The van der Waals surface area contributed by atoms with Crippen LogP contribution in [-0.2, 0) is 18.0 Å². The molecule has 2 atom stereocenters. The summed E-state index contributed by atoms with van der Waals surface area (Å²) in [5.74, 6) is -2.67. The highest BCUT2D eigenvalue weighted by molar-refractivity contribution is 6.60. The summed E-state index contributed by atoms with van der Waals surface area (Å²) in [5, 5.41) is 11.0. The lowest BCUT2D eigenvalue weighted by molar-refractivity contribution is -0.182. The van der Waals surface area contributed by atoms with Crippen molar-refractivity contribution in [3.05, 3.63) is 60.2 Å². The maximum Gasteiger partial charge on any atom is 0.501 e. The molecule has 1 N–H and O–H groups in total. The fraction of sp³-hybridized carbons (Fsp3) is 0.500. The number of allylic oxidation sites excluding steroid dienone is 2. The van der Waals surface area contributed by atoms with Gasteiger partial charge in [-0.25, -0.2) is 0 Å². The zero-order valence-electron chi connectivity index (χ0n) is 17.5. The summed E-state index contributed by atoms with van der Waals surface area (Å²) in [4.78, 5) is 12.9. The molecule has 0 saturated heterocycles. The fourth-order valence-corrected chi connectivity index (χ4v) is 5.91. The molecule has 1 aromatic carbocycles. The van der Waals surface area contributed by atoms with Crippen LogP contribution in [0.25, 0.3) is 0 Å². The number of benzene rings is 1. The standard InChI is InChI=1S/C22H32O6Si/c1-4-26-29(27-5-2,28-6-3)18-12-17-25-22(24)16-11-10-15-20(22)21(23)19-13-8-7-9-14-19/h7-11,13-16,20,24H,4-6,12,17-18H2,1-3H3. The average molecular weight is 421 g/mol. The second kappa shape index (κ2) is 11.5. The van der Waals surface area contributed by atoms with E-state index in [1.807, 2.05) is 26.8 Å². The minimum Gasteiger partial charge on any atom is -0.374 e. The van der Waals surface area contributed by atoms with E-state index in [1.165, 1.54) is 6.08 Å². The Hall–Kier alpha value is -1.61. The van der Waals surface area contributed by atoms with Crippen LogP contribution in [0.15, 0.2) is 54.6 Å². The highest BCUT2D eigenvalue weighted by atomic mass is 28.4. The molecule has 0 fully saturated rings. The van der Waals surface area contributed by atoms with E-state index in [0.29, 0.717) is 37.8 Å². The number of ketones is 1. The van der Waals surface area contributed by atoms with E-state index in [2.05, 4.69) is 0 Å². The molecule has 1 aliphatic rings. The summed E-state index contributed by atoms with van der Waals surface area (Å²) < 4.78 is 23.3. The Morgan fingerprint density at radius 3 is 2.24 bits per heavy atom. The van der Waals surface area contributed by atoms with Gasteiger partial charge in [0, 0.05) is 31.4 Å². The zero-order chi connectivity index (χ0) is 21.2. The first-order chi connectivity index (χ1) is 14.0. The van der Waals surface area contributed by atoms with E-state index in [9.17, 15) is 9.90 Å². The summed E-state index contributed by atoms with van der Waals surface area (Å²) in [6, 6.07) is 9.50. The van der Waals surface area contributed by atoms with E-state index in [-0.39, 0.29) is 12.4 Å². The normalized spacial score (nSPS) is 21.4. The molecular formula is C22H32O6Si. The lowest BCUT2D eigenvalue weighted by Gasteiger charge is -2.33. The Balaban J connectivity index is 2.00. The van der Waals surface area contributed by atoms with Gasteiger partial charge in [-0.15, -0.1) is 0 Å². The minimum absolute atomic E-state index is 0.185. The molecule has 29 heavy (non-hydrogen) atoms. The van der Waals surface area contributed by atoms with Crippen LogP contribution in [0.2, 0.25) is 6.04 Å². The van der Waals surface area contributed by atoms with Crippen molar-refractivity contribution in [3.63, 3.8) is 0 Å². The highest BCUT2D eigenvalue weighted by Crippen LogP contribution is 2.30. The Labute approximate surface area is 174 Å². The number of hydrogen-bond acceptors (Lipinski definition) is 6. The smallest absolute Gasteiger partial charge is 0.374 e. The molecule has 0 radical (unpaired) electrons. The Kier molecular flexibility index (Phi) is 9.42. The van der Waals surface area contributed by atoms with Crippen LogP contribution in [0, 0.1) is 5.92 Å². The molecule has 0 spiro atoms. The van der Waals surface area contributed by atoms with Gasteiger partial charge < -0.3 is 23.1 Å². The molecule has 2 rings (SSSR count). The molecule has 6 nitrogen and oxygen atoms in total. The van der Waals surface area contributed by atoms with Gasteiger partial charge in [-0.2, -0.15) is 0 Å². The van der Waals surface area contributed by atoms with Gasteiger partial charge in [0.15, 0.2) is 11.6 Å². The first kappa shape index (κ1) is 23.7. The Bertz CT molecular complexity index is 673. The van der Waals surface area contributed by atoms with Gasteiger partial charge in [-0.3, -0.25) is 4.79 Å². The molecule has 0 amide bonds. The van der Waals surface area contributed by atoms with Crippen LogP contribution in [-0.4, -0.2) is 51.9 Å². The average Bonchev–Trinajstić information content (AvgIpc) is 2.72. The van der Waals surface area contributed by atoms with Crippen LogP contribution in [0.3, 0.4) is 0 Å². The van der Waals surface area contributed by atoms with E-state index in [1.54, 1.807) is 42.5 Å². The van der Waals surface area contributed by atoms with Crippen molar-refractivity contribution in [1.29, 1.82) is 0 Å². The SMILES string of the molecule is CCO[Si](CCCOC1(O)C=CC=CC1C(=O)c1ccccc1)(OCC)OCC. The Morgan fingerprint density at radius 1 is 1.03 bits per heavy atom. The van der Waals surface area contributed by atoms with Crippen LogP contribution >= 0.6 is 0 Å². The fourth-order valence-electron chi connectivity index (χ4n) is 3.33. The van der Waals surface area contributed by atoms with Gasteiger partial charge in [-0.1, -0.05) is 48.6 Å². The predicted molar refractivity (Wildman–Crippen MR) is 114 cm³/mol. The molecule has 0 aromatic heterocycles. The van der Waals surface area contributed by atoms with Crippen LogP contribution < -0.4 is 0 Å². The molecule has 1 aromatic rings. The third kappa shape index (κ3) is 6.43. The number of rotatable bonds is 13. The zero-order valence-corrected chi connectivity index (χ0v) is 18.5. The lowest BCUT2D eigenvalue weighted by Crippen LogP contribution is -2.47. The summed E-state index contributed by atoms with van der Waals surface area (Å²) in [6.45, 7) is 7.53. The van der Waals surface area contributed by atoms with Gasteiger partial charge in [0.25, 0.3) is 0 Å². The first-order valence-corrected chi connectivity index (χ1v) is 12.2. The van der Waals surface area contributed by atoms with Crippen molar-refractivity contribution in [2.45, 2.75) is 39.0 Å². The summed E-state index contributed by atoms with van der Waals surface area (Å²) in [5.41, 5.74) is 0.537. The third-order valence-electron chi connectivity index (χ3n) is 4.59. The minimum atomic E-state index is -2.76. The number of aliphatic hydroxyl groups is 1.